The van der Waals surface area contributed by atoms with Crippen LogP contribution in [0.4, 0.5) is 11.4 Å². The molecule has 0 bridgehead atoms. The number of anilines is 2. The number of likely N-dealkylation sites (N-methyl/N-ethyl adjacent to an activating group) is 1. The first-order chi connectivity index (χ1) is 13.9. The Morgan fingerprint density at radius 1 is 0.931 bits per heavy atom. The summed E-state index contributed by atoms with van der Waals surface area (Å²) in [6, 6.07) is 19.7. The van der Waals surface area contributed by atoms with Crippen LogP contribution in [0.2, 0.25) is 0 Å². The summed E-state index contributed by atoms with van der Waals surface area (Å²) < 4.78 is 0. The van der Waals surface area contributed by atoms with Crippen molar-refractivity contribution in [3.63, 3.8) is 0 Å². The van der Waals surface area contributed by atoms with Crippen LogP contribution in [0.3, 0.4) is 0 Å². The molecule has 3 aromatic rings. The maximum atomic E-state index is 12.6. The minimum absolute atomic E-state index is 0.0670. The highest BCUT2D eigenvalue weighted by molar-refractivity contribution is 5.97. The van der Waals surface area contributed by atoms with Gasteiger partial charge in [-0.3, -0.25) is 9.59 Å². The fraction of sp³-hybridized carbons (Fsp3) is 0.250. The Kier molecular flexibility index (Phi) is 6.17. The molecule has 29 heavy (non-hydrogen) atoms. The molecule has 1 atom stereocenters. The van der Waals surface area contributed by atoms with Crippen molar-refractivity contribution in [2.24, 2.45) is 0 Å². The molecule has 0 saturated carbocycles. The molecular weight excluding hydrogens is 362 g/mol. The number of fused-ring (bicyclic) bond motifs is 1. The number of nitrogens with one attached hydrogen (secondary N) is 2. The van der Waals surface area contributed by atoms with Crippen molar-refractivity contribution in [2.45, 2.75) is 26.8 Å². The monoisotopic (exact) mass is 389 g/mol. The highest BCUT2D eigenvalue weighted by Gasteiger charge is 2.19. The van der Waals surface area contributed by atoms with Crippen molar-refractivity contribution in [3.05, 3.63) is 71.8 Å². The van der Waals surface area contributed by atoms with E-state index in [0.717, 1.165) is 33.3 Å². The summed E-state index contributed by atoms with van der Waals surface area (Å²) in [6.07, 6.45) is 0. The van der Waals surface area contributed by atoms with Gasteiger partial charge in [-0.2, -0.15) is 0 Å². The molecule has 0 aliphatic carbocycles. The lowest BCUT2D eigenvalue weighted by atomic mass is 10.1. The molecule has 0 spiro atoms. The van der Waals surface area contributed by atoms with Crippen LogP contribution in [0.25, 0.3) is 10.8 Å². The first kappa shape index (κ1) is 20.4. The summed E-state index contributed by atoms with van der Waals surface area (Å²) in [4.78, 5) is 26.8. The number of hydrogen-bond donors (Lipinski definition) is 2. The van der Waals surface area contributed by atoms with Gasteiger partial charge in [0.15, 0.2) is 0 Å². The summed E-state index contributed by atoms with van der Waals surface area (Å²) in [5.74, 6) is -0.436. The zero-order chi connectivity index (χ0) is 21.0. The summed E-state index contributed by atoms with van der Waals surface area (Å²) >= 11 is 0. The zero-order valence-corrected chi connectivity index (χ0v) is 17.3. The number of carbonyl (C=O) groups excluding carboxylic acids is 2. The lowest BCUT2D eigenvalue weighted by molar-refractivity contribution is -0.124. The molecule has 5 heteroatoms. The second-order valence-corrected chi connectivity index (χ2v) is 7.35. The third-order valence-corrected chi connectivity index (χ3v) is 5.27. The Hall–Kier alpha value is -3.34. The SMILES string of the molecule is Cc1cccc(C)c1NC(=O)CNC(=O)[C@H](C)N(C)c1ccc2ccccc2c1. The lowest BCUT2D eigenvalue weighted by Crippen LogP contribution is -2.45. The highest BCUT2D eigenvalue weighted by atomic mass is 16.2. The quantitative estimate of drug-likeness (QED) is 0.669. The van der Waals surface area contributed by atoms with E-state index in [1.807, 2.05) is 75.2 Å². The molecule has 0 radical (unpaired) electrons. The molecule has 0 saturated heterocycles. The molecule has 0 unspecified atom stereocenters. The molecule has 0 heterocycles. The Balaban J connectivity index is 1.60. The van der Waals surface area contributed by atoms with Gasteiger partial charge in [-0.15, -0.1) is 0 Å². The maximum Gasteiger partial charge on any atom is 0.243 e. The van der Waals surface area contributed by atoms with Crippen LogP contribution in [-0.2, 0) is 9.59 Å². The molecule has 3 rings (SSSR count). The van der Waals surface area contributed by atoms with E-state index in [2.05, 4.69) is 28.8 Å². The summed E-state index contributed by atoms with van der Waals surface area (Å²) in [5.41, 5.74) is 3.74. The van der Waals surface area contributed by atoms with Crippen molar-refractivity contribution in [1.82, 2.24) is 5.32 Å². The van der Waals surface area contributed by atoms with E-state index in [9.17, 15) is 9.59 Å². The number of hydrogen-bond acceptors (Lipinski definition) is 3. The molecule has 3 aromatic carbocycles. The molecule has 5 nitrogen and oxygen atoms in total. The average Bonchev–Trinajstić information content (AvgIpc) is 2.73. The molecule has 0 aliphatic rings. The minimum Gasteiger partial charge on any atom is -0.363 e. The topological polar surface area (TPSA) is 61.4 Å². The van der Waals surface area contributed by atoms with Crippen molar-refractivity contribution in [3.8, 4) is 0 Å². The van der Waals surface area contributed by atoms with Crippen LogP contribution in [0.1, 0.15) is 18.1 Å². The second kappa shape index (κ2) is 8.78. The second-order valence-electron chi connectivity index (χ2n) is 7.35. The molecule has 150 valence electrons. The van der Waals surface area contributed by atoms with Gasteiger partial charge in [0.25, 0.3) is 0 Å². The Morgan fingerprint density at radius 3 is 2.28 bits per heavy atom. The van der Waals surface area contributed by atoms with Crippen LogP contribution < -0.4 is 15.5 Å². The number of carbonyl (C=O) groups is 2. The number of rotatable bonds is 6. The lowest BCUT2D eigenvalue weighted by Gasteiger charge is -2.26. The van der Waals surface area contributed by atoms with E-state index in [1.54, 1.807) is 0 Å². The Morgan fingerprint density at radius 2 is 1.59 bits per heavy atom. The van der Waals surface area contributed by atoms with Crippen molar-refractivity contribution >= 4 is 34.0 Å². The van der Waals surface area contributed by atoms with E-state index in [0.29, 0.717) is 0 Å². The Bertz CT molecular complexity index is 1020. The predicted octanol–water partition coefficient (Wildman–Crippen LogP) is 4.04. The summed E-state index contributed by atoms with van der Waals surface area (Å²) in [7, 11) is 1.88. The maximum absolute atomic E-state index is 12.6. The van der Waals surface area contributed by atoms with Gasteiger partial charge in [0.1, 0.15) is 6.04 Å². The van der Waals surface area contributed by atoms with Crippen LogP contribution in [0.5, 0.6) is 0 Å². The number of aryl methyl sites for hydroxylation is 2. The number of para-hydroxylation sites is 1. The average molecular weight is 389 g/mol. The largest absolute Gasteiger partial charge is 0.363 e. The summed E-state index contributed by atoms with van der Waals surface area (Å²) in [6.45, 7) is 5.65. The van der Waals surface area contributed by atoms with E-state index in [-0.39, 0.29) is 18.4 Å². The number of amides is 2. The molecule has 2 amide bonds. The first-order valence-corrected chi connectivity index (χ1v) is 9.72. The van der Waals surface area contributed by atoms with Crippen LogP contribution in [-0.4, -0.2) is 31.4 Å². The van der Waals surface area contributed by atoms with Gasteiger partial charge in [-0.25, -0.2) is 0 Å². The van der Waals surface area contributed by atoms with Crippen LogP contribution in [0.15, 0.2) is 60.7 Å². The van der Waals surface area contributed by atoms with E-state index in [1.165, 1.54) is 0 Å². The third-order valence-electron chi connectivity index (χ3n) is 5.27. The molecule has 0 fully saturated rings. The fourth-order valence-electron chi connectivity index (χ4n) is 3.31. The van der Waals surface area contributed by atoms with E-state index >= 15 is 0 Å². The smallest absolute Gasteiger partial charge is 0.243 e. The predicted molar refractivity (Wildman–Crippen MR) is 119 cm³/mol. The van der Waals surface area contributed by atoms with Crippen molar-refractivity contribution < 1.29 is 9.59 Å². The van der Waals surface area contributed by atoms with Gasteiger partial charge in [-0.05, 0) is 54.8 Å². The number of nitrogens with zero attached hydrogens (tertiary/aromatic N) is 1. The Labute approximate surface area is 171 Å². The molecule has 0 aliphatic heterocycles. The molecule has 0 aromatic heterocycles. The summed E-state index contributed by atoms with van der Waals surface area (Å²) in [5, 5.41) is 7.90. The zero-order valence-electron chi connectivity index (χ0n) is 17.3. The minimum atomic E-state index is -0.413. The number of benzene rings is 3. The van der Waals surface area contributed by atoms with Gasteiger partial charge < -0.3 is 15.5 Å². The van der Waals surface area contributed by atoms with Crippen molar-refractivity contribution in [1.29, 1.82) is 0 Å². The standard InChI is InChI=1S/C24H27N3O2/c1-16-8-7-9-17(2)23(16)26-22(28)15-25-24(29)18(3)27(4)21-13-12-19-10-5-6-11-20(19)14-21/h5-14,18H,15H2,1-4H3,(H,25,29)(H,26,28)/t18-/m0/s1. The van der Waals surface area contributed by atoms with Crippen LogP contribution >= 0.6 is 0 Å². The van der Waals surface area contributed by atoms with Crippen LogP contribution in [0, 0.1) is 13.8 Å². The fourth-order valence-corrected chi connectivity index (χ4v) is 3.31. The highest BCUT2D eigenvalue weighted by Crippen LogP contribution is 2.23. The normalized spacial score (nSPS) is 11.7. The van der Waals surface area contributed by atoms with Gasteiger partial charge in [0.05, 0.1) is 6.54 Å². The molecular formula is C24H27N3O2. The van der Waals surface area contributed by atoms with Gasteiger partial charge in [0, 0.05) is 18.4 Å². The van der Waals surface area contributed by atoms with Gasteiger partial charge >= 0.3 is 0 Å². The van der Waals surface area contributed by atoms with E-state index < -0.39 is 6.04 Å². The van der Waals surface area contributed by atoms with E-state index in [4.69, 9.17) is 0 Å². The third kappa shape index (κ3) is 4.74. The first-order valence-electron chi connectivity index (χ1n) is 9.72. The van der Waals surface area contributed by atoms with Gasteiger partial charge in [-0.1, -0.05) is 48.5 Å². The van der Waals surface area contributed by atoms with Gasteiger partial charge in [0.2, 0.25) is 11.8 Å². The van der Waals surface area contributed by atoms with Crippen molar-refractivity contribution in [2.75, 3.05) is 23.8 Å². The molecule has 2 N–H and O–H groups in total.